The molecule has 2 heterocycles. The van der Waals surface area contributed by atoms with Crippen molar-refractivity contribution in [3.8, 4) is 0 Å². The largest absolute Gasteiger partial charge is 0.350 e. The number of nitrogens with one attached hydrogen (secondary N) is 2. The number of carbonyl (C=O) groups excluding carboxylic acids is 2. The number of para-hydroxylation sites is 1. The molecule has 2 amide bonds. The molecular weight excluding hydrogens is 302 g/mol. The molecule has 0 aliphatic carbocycles. The molecule has 0 saturated heterocycles. The lowest BCUT2D eigenvalue weighted by Gasteiger charge is -2.24. The van der Waals surface area contributed by atoms with Gasteiger partial charge in [-0.15, -0.1) is 0 Å². The van der Waals surface area contributed by atoms with Crippen molar-refractivity contribution in [3.63, 3.8) is 0 Å². The fraction of sp³-hybridized carbons (Fsp3) is 0.316. The quantitative estimate of drug-likeness (QED) is 0.889. The zero-order valence-corrected chi connectivity index (χ0v) is 13.7. The van der Waals surface area contributed by atoms with Crippen molar-refractivity contribution in [2.24, 2.45) is 5.92 Å². The van der Waals surface area contributed by atoms with Gasteiger partial charge >= 0.3 is 0 Å². The number of anilines is 1. The fourth-order valence-corrected chi connectivity index (χ4v) is 3.00. The Morgan fingerprint density at radius 1 is 1.29 bits per heavy atom. The van der Waals surface area contributed by atoms with Crippen LogP contribution in [0.1, 0.15) is 36.9 Å². The van der Waals surface area contributed by atoms with Crippen molar-refractivity contribution in [1.82, 2.24) is 10.3 Å². The predicted octanol–water partition coefficient (Wildman–Crippen LogP) is 2.85. The van der Waals surface area contributed by atoms with Gasteiger partial charge in [-0.1, -0.05) is 18.2 Å². The highest BCUT2D eigenvalue weighted by Gasteiger charge is 2.26. The molecule has 0 bridgehead atoms. The Bertz CT molecular complexity index is 730. The van der Waals surface area contributed by atoms with Gasteiger partial charge < -0.3 is 10.6 Å². The number of hydrogen-bond donors (Lipinski definition) is 2. The van der Waals surface area contributed by atoms with Crippen LogP contribution in [0.4, 0.5) is 5.69 Å². The van der Waals surface area contributed by atoms with Gasteiger partial charge in [-0.2, -0.15) is 0 Å². The van der Waals surface area contributed by atoms with Gasteiger partial charge in [0.15, 0.2) is 0 Å². The van der Waals surface area contributed by atoms with Crippen molar-refractivity contribution in [1.29, 1.82) is 0 Å². The summed E-state index contributed by atoms with van der Waals surface area (Å²) in [5, 5.41) is 5.89. The zero-order chi connectivity index (χ0) is 16.9. The number of benzene rings is 1. The summed E-state index contributed by atoms with van der Waals surface area (Å²) < 4.78 is 0. The van der Waals surface area contributed by atoms with Crippen LogP contribution < -0.4 is 10.6 Å². The minimum atomic E-state index is -0.151. The van der Waals surface area contributed by atoms with Crippen molar-refractivity contribution in [3.05, 3.63) is 59.9 Å². The number of amides is 2. The fourth-order valence-electron chi connectivity index (χ4n) is 3.00. The summed E-state index contributed by atoms with van der Waals surface area (Å²) in [7, 11) is 0. The summed E-state index contributed by atoms with van der Waals surface area (Å²) in [6, 6.07) is 11.5. The second-order valence-corrected chi connectivity index (χ2v) is 6.16. The first-order chi connectivity index (χ1) is 11.6. The van der Waals surface area contributed by atoms with Crippen molar-refractivity contribution in [2.75, 3.05) is 5.32 Å². The molecule has 0 saturated carbocycles. The molecule has 2 aromatic rings. The first-order valence-corrected chi connectivity index (χ1v) is 8.21. The van der Waals surface area contributed by atoms with Gasteiger partial charge in [0.2, 0.25) is 11.8 Å². The van der Waals surface area contributed by atoms with Crippen LogP contribution in [0.25, 0.3) is 0 Å². The molecule has 5 heteroatoms. The second-order valence-electron chi connectivity index (χ2n) is 6.16. The summed E-state index contributed by atoms with van der Waals surface area (Å²) in [5.74, 6) is -0.184. The lowest BCUT2D eigenvalue weighted by Crippen LogP contribution is -2.32. The Morgan fingerprint density at radius 2 is 2.04 bits per heavy atom. The molecule has 0 spiro atoms. The number of rotatable bonds is 5. The Kier molecular flexibility index (Phi) is 4.89. The number of carbonyl (C=O) groups is 2. The summed E-state index contributed by atoms with van der Waals surface area (Å²) in [6.45, 7) is 1.94. The van der Waals surface area contributed by atoms with Gasteiger partial charge in [-0.3, -0.25) is 14.6 Å². The maximum absolute atomic E-state index is 12.2. The minimum absolute atomic E-state index is 0.00341. The predicted molar refractivity (Wildman–Crippen MR) is 92.3 cm³/mol. The van der Waals surface area contributed by atoms with Crippen LogP contribution in [-0.2, 0) is 16.0 Å². The molecule has 1 aliphatic rings. The number of hydrogen-bond acceptors (Lipinski definition) is 3. The first-order valence-electron chi connectivity index (χ1n) is 8.21. The van der Waals surface area contributed by atoms with Gasteiger partial charge in [0, 0.05) is 30.4 Å². The Hall–Kier alpha value is -2.69. The maximum Gasteiger partial charge on any atom is 0.227 e. The van der Waals surface area contributed by atoms with Gasteiger partial charge in [0.25, 0.3) is 0 Å². The minimum Gasteiger partial charge on any atom is -0.350 e. The van der Waals surface area contributed by atoms with E-state index in [0.29, 0.717) is 19.3 Å². The van der Waals surface area contributed by atoms with Crippen molar-refractivity contribution < 1.29 is 9.59 Å². The molecule has 1 aromatic heterocycles. The van der Waals surface area contributed by atoms with Crippen LogP contribution in [0.3, 0.4) is 0 Å². The van der Waals surface area contributed by atoms with Crippen molar-refractivity contribution in [2.45, 2.75) is 32.2 Å². The molecule has 1 aromatic carbocycles. The molecule has 0 fully saturated rings. The molecule has 3 rings (SSSR count). The van der Waals surface area contributed by atoms with Gasteiger partial charge in [-0.05, 0) is 49.1 Å². The van der Waals surface area contributed by atoms with E-state index in [9.17, 15) is 9.59 Å². The molecule has 0 unspecified atom stereocenters. The number of pyridine rings is 1. The van der Waals surface area contributed by atoms with Crippen LogP contribution in [-0.4, -0.2) is 16.8 Å². The lowest BCUT2D eigenvalue weighted by molar-refractivity contribution is -0.123. The van der Waals surface area contributed by atoms with E-state index in [1.165, 1.54) is 0 Å². The van der Waals surface area contributed by atoms with Crippen LogP contribution in [0.2, 0.25) is 0 Å². The molecule has 0 radical (unpaired) electrons. The molecule has 1 aliphatic heterocycles. The Morgan fingerprint density at radius 3 is 2.83 bits per heavy atom. The third-order valence-electron chi connectivity index (χ3n) is 4.42. The van der Waals surface area contributed by atoms with Crippen LogP contribution in [0.5, 0.6) is 0 Å². The maximum atomic E-state index is 12.2. The van der Waals surface area contributed by atoms with E-state index in [-0.39, 0.29) is 23.8 Å². The van der Waals surface area contributed by atoms with E-state index >= 15 is 0 Å². The zero-order valence-electron chi connectivity index (χ0n) is 13.7. The van der Waals surface area contributed by atoms with E-state index < -0.39 is 0 Å². The highest BCUT2D eigenvalue weighted by molar-refractivity contribution is 5.96. The summed E-state index contributed by atoms with van der Waals surface area (Å²) in [5.41, 5.74) is 3.03. The first kappa shape index (κ1) is 16.2. The molecular formula is C19H21N3O2. The standard InChI is InChI=1S/C19H21N3O2/c1-13(14-8-10-20-11-9-14)21-18(23)7-6-16-12-15-4-2-3-5-17(15)22-19(16)24/h2-5,8-11,13,16H,6-7,12H2,1H3,(H,21,23)(H,22,24)/t13-,16-/m0/s1. The van der Waals surface area contributed by atoms with Crippen LogP contribution >= 0.6 is 0 Å². The van der Waals surface area contributed by atoms with Crippen LogP contribution in [0, 0.1) is 5.92 Å². The normalized spacial score (nSPS) is 17.5. The third kappa shape index (κ3) is 3.79. The number of nitrogens with zero attached hydrogens (tertiary/aromatic N) is 1. The topological polar surface area (TPSA) is 71.1 Å². The second kappa shape index (κ2) is 7.25. The van der Waals surface area contributed by atoms with E-state index in [2.05, 4.69) is 15.6 Å². The Labute approximate surface area is 141 Å². The SMILES string of the molecule is C[C@H](NC(=O)CC[C@H]1Cc2ccccc2NC1=O)c1ccncc1. The monoisotopic (exact) mass is 323 g/mol. The van der Waals surface area contributed by atoms with E-state index in [0.717, 1.165) is 16.8 Å². The molecule has 2 atom stereocenters. The summed E-state index contributed by atoms with van der Waals surface area (Å²) >= 11 is 0. The average molecular weight is 323 g/mol. The molecule has 124 valence electrons. The Balaban J connectivity index is 1.52. The molecule has 5 nitrogen and oxygen atoms in total. The highest BCUT2D eigenvalue weighted by atomic mass is 16.2. The summed E-state index contributed by atoms with van der Waals surface area (Å²) in [6.07, 6.45) is 5.00. The van der Waals surface area contributed by atoms with Gasteiger partial charge in [0.1, 0.15) is 0 Å². The van der Waals surface area contributed by atoms with E-state index in [4.69, 9.17) is 0 Å². The third-order valence-corrected chi connectivity index (χ3v) is 4.42. The highest BCUT2D eigenvalue weighted by Crippen LogP contribution is 2.27. The summed E-state index contributed by atoms with van der Waals surface area (Å²) in [4.78, 5) is 28.3. The number of aromatic nitrogens is 1. The smallest absolute Gasteiger partial charge is 0.227 e. The van der Waals surface area contributed by atoms with Gasteiger partial charge in [0.05, 0.1) is 6.04 Å². The lowest BCUT2D eigenvalue weighted by atomic mass is 9.89. The average Bonchev–Trinajstić information content (AvgIpc) is 2.60. The van der Waals surface area contributed by atoms with E-state index in [1.54, 1.807) is 12.4 Å². The van der Waals surface area contributed by atoms with E-state index in [1.807, 2.05) is 43.3 Å². The molecule has 24 heavy (non-hydrogen) atoms. The van der Waals surface area contributed by atoms with Crippen LogP contribution in [0.15, 0.2) is 48.8 Å². The molecule has 2 N–H and O–H groups in total. The van der Waals surface area contributed by atoms with Crippen molar-refractivity contribution >= 4 is 17.5 Å². The number of fused-ring (bicyclic) bond motifs is 1. The van der Waals surface area contributed by atoms with Gasteiger partial charge in [-0.25, -0.2) is 0 Å².